The van der Waals surface area contributed by atoms with Crippen LogP contribution in [-0.2, 0) is 30.5 Å². The molecule has 0 amide bonds. The number of ether oxygens (including phenoxy) is 2. The number of rotatable bonds is 6. The Morgan fingerprint density at radius 3 is 2.17 bits per heavy atom. The standard InChI is InChI=1S/C16H21NO6/c1-15(2,3)23-12(18)9-16(17,13(19)20)14(21)22-10-11-7-5-4-6-8-11/h4-8H,9-10,17H2,1-3H3,(H,19,20)/t16-/m0/s1. The van der Waals surface area contributed by atoms with Gasteiger partial charge in [-0.05, 0) is 26.3 Å². The zero-order valence-electron chi connectivity index (χ0n) is 13.4. The molecule has 7 heteroatoms. The van der Waals surface area contributed by atoms with Crippen LogP contribution in [0.2, 0.25) is 0 Å². The Morgan fingerprint density at radius 1 is 1.13 bits per heavy atom. The van der Waals surface area contributed by atoms with Gasteiger partial charge >= 0.3 is 17.9 Å². The van der Waals surface area contributed by atoms with Crippen LogP contribution in [0.15, 0.2) is 30.3 Å². The first-order valence-corrected chi connectivity index (χ1v) is 7.00. The van der Waals surface area contributed by atoms with Crippen molar-refractivity contribution in [3.05, 3.63) is 35.9 Å². The van der Waals surface area contributed by atoms with Crippen LogP contribution < -0.4 is 5.73 Å². The Kier molecular flexibility index (Phi) is 5.86. The molecule has 0 saturated heterocycles. The van der Waals surface area contributed by atoms with Gasteiger partial charge in [0.2, 0.25) is 5.54 Å². The molecule has 0 aliphatic heterocycles. The Morgan fingerprint density at radius 2 is 1.70 bits per heavy atom. The van der Waals surface area contributed by atoms with Gasteiger partial charge in [0.05, 0.1) is 6.42 Å². The number of hydrogen-bond donors (Lipinski definition) is 2. The van der Waals surface area contributed by atoms with E-state index in [1.165, 1.54) is 0 Å². The van der Waals surface area contributed by atoms with Crippen LogP contribution in [0.4, 0.5) is 0 Å². The fourth-order valence-corrected chi connectivity index (χ4v) is 1.69. The summed E-state index contributed by atoms with van der Waals surface area (Å²) in [7, 11) is 0. The van der Waals surface area contributed by atoms with E-state index in [2.05, 4.69) is 0 Å². The quantitative estimate of drug-likeness (QED) is 0.597. The first-order valence-electron chi connectivity index (χ1n) is 7.00. The van der Waals surface area contributed by atoms with Crippen molar-refractivity contribution in [2.75, 3.05) is 0 Å². The van der Waals surface area contributed by atoms with Crippen molar-refractivity contribution < 1.29 is 29.0 Å². The summed E-state index contributed by atoms with van der Waals surface area (Å²) in [5.41, 5.74) is 2.96. The van der Waals surface area contributed by atoms with E-state index in [4.69, 9.17) is 15.2 Å². The molecule has 1 atom stereocenters. The molecular weight excluding hydrogens is 302 g/mol. The normalized spacial score (nSPS) is 13.7. The molecule has 7 nitrogen and oxygen atoms in total. The lowest BCUT2D eigenvalue weighted by molar-refractivity contribution is -0.170. The minimum absolute atomic E-state index is 0.139. The third kappa shape index (κ3) is 5.71. The molecule has 0 saturated carbocycles. The van der Waals surface area contributed by atoms with E-state index in [9.17, 15) is 19.5 Å². The van der Waals surface area contributed by atoms with Gasteiger partial charge in [-0.25, -0.2) is 9.59 Å². The molecule has 0 bridgehead atoms. The summed E-state index contributed by atoms with van der Waals surface area (Å²) in [5, 5.41) is 9.21. The van der Waals surface area contributed by atoms with Gasteiger partial charge in [0.15, 0.2) is 0 Å². The molecule has 0 aliphatic rings. The smallest absolute Gasteiger partial charge is 0.338 e. The molecule has 1 rings (SSSR count). The number of aliphatic carboxylic acids is 1. The van der Waals surface area contributed by atoms with Crippen molar-refractivity contribution in [1.82, 2.24) is 0 Å². The first-order chi connectivity index (χ1) is 10.5. The third-order valence-corrected chi connectivity index (χ3v) is 2.80. The Balaban J connectivity index is 2.77. The zero-order chi connectivity index (χ0) is 17.7. The molecule has 0 fully saturated rings. The molecule has 0 aromatic heterocycles. The molecule has 1 aromatic rings. The maximum Gasteiger partial charge on any atom is 0.338 e. The average Bonchev–Trinajstić information content (AvgIpc) is 2.43. The van der Waals surface area contributed by atoms with Gasteiger partial charge in [0.25, 0.3) is 0 Å². The molecule has 0 radical (unpaired) electrons. The summed E-state index contributed by atoms with van der Waals surface area (Å²) < 4.78 is 9.94. The highest BCUT2D eigenvalue weighted by molar-refractivity contribution is 6.06. The van der Waals surface area contributed by atoms with Crippen molar-refractivity contribution in [3.63, 3.8) is 0 Å². The Bertz CT molecular complexity index is 578. The summed E-state index contributed by atoms with van der Waals surface area (Å²) in [6.07, 6.45) is -0.812. The number of carbonyl (C=O) groups is 3. The van der Waals surface area contributed by atoms with E-state index >= 15 is 0 Å². The lowest BCUT2D eigenvalue weighted by Crippen LogP contribution is -2.57. The van der Waals surface area contributed by atoms with E-state index in [1.54, 1.807) is 51.1 Å². The van der Waals surface area contributed by atoms with E-state index < -0.39 is 35.5 Å². The molecule has 0 spiro atoms. The van der Waals surface area contributed by atoms with Crippen molar-refractivity contribution in [3.8, 4) is 0 Å². The molecule has 3 N–H and O–H groups in total. The van der Waals surface area contributed by atoms with E-state index in [0.29, 0.717) is 5.56 Å². The molecule has 1 aromatic carbocycles. The number of esters is 2. The topological polar surface area (TPSA) is 116 Å². The Labute approximate surface area is 134 Å². The van der Waals surface area contributed by atoms with Crippen LogP contribution in [0, 0.1) is 0 Å². The van der Waals surface area contributed by atoms with E-state index in [1.807, 2.05) is 0 Å². The van der Waals surface area contributed by atoms with Crippen LogP contribution in [-0.4, -0.2) is 34.2 Å². The van der Waals surface area contributed by atoms with Gasteiger partial charge in [-0.3, -0.25) is 4.79 Å². The van der Waals surface area contributed by atoms with Gasteiger partial charge in [0.1, 0.15) is 12.2 Å². The number of benzene rings is 1. The average molecular weight is 323 g/mol. The number of carboxylic acid groups (broad SMARTS) is 1. The molecule has 0 aliphatic carbocycles. The third-order valence-electron chi connectivity index (χ3n) is 2.80. The second-order valence-electron chi connectivity index (χ2n) is 6.10. The fraction of sp³-hybridized carbons (Fsp3) is 0.438. The lowest BCUT2D eigenvalue weighted by atomic mass is 9.96. The summed E-state index contributed by atoms with van der Waals surface area (Å²) >= 11 is 0. The molecule has 0 unspecified atom stereocenters. The van der Waals surface area contributed by atoms with Gasteiger partial charge in [0, 0.05) is 0 Å². The molecule has 126 valence electrons. The van der Waals surface area contributed by atoms with Crippen molar-refractivity contribution in [1.29, 1.82) is 0 Å². The number of carbonyl (C=O) groups excluding carboxylic acids is 2. The monoisotopic (exact) mass is 323 g/mol. The van der Waals surface area contributed by atoms with Gasteiger partial charge in [-0.1, -0.05) is 30.3 Å². The van der Waals surface area contributed by atoms with Crippen LogP contribution in [0.1, 0.15) is 32.8 Å². The number of nitrogens with two attached hydrogens (primary N) is 1. The zero-order valence-corrected chi connectivity index (χ0v) is 13.4. The summed E-state index contributed by atoms with van der Waals surface area (Å²) in [5.74, 6) is -3.74. The number of carboxylic acids is 1. The van der Waals surface area contributed by atoms with Gasteiger partial charge < -0.3 is 20.3 Å². The first kappa shape index (κ1) is 18.6. The van der Waals surface area contributed by atoms with Crippen LogP contribution in [0.25, 0.3) is 0 Å². The molecular formula is C16H21NO6. The molecule has 23 heavy (non-hydrogen) atoms. The van der Waals surface area contributed by atoms with E-state index in [0.717, 1.165) is 0 Å². The summed E-state index contributed by atoms with van der Waals surface area (Å²) in [6, 6.07) is 8.70. The van der Waals surface area contributed by atoms with Gasteiger partial charge in [-0.15, -0.1) is 0 Å². The summed E-state index contributed by atoms with van der Waals surface area (Å²) in [6.45, 7) is 4.73. The van der Waals surface area contributed by atoms with E-state index in [-0.39, 0.29) is 6.61 Å². The van der Waals surface area contributed by atoms with Crippen LogP contribution >= 0.6 is 0 Å². The highest BCUT2D eigenvalue weighted by Gasteiger charge is 2.47. The second-order valence-corrected chi connectivity index (χ2v) is 6.10. The van der Waals surface area contributed by atoms with Crippen molar-refractivity contribution in [2.45, 2.75) is 44.9 Å². The largest absolute Gasteiger partial charge is 0.479 e. The van der Waals surface area contributed by atoms with Crippen LogP contribution in [0.3, 0.4) is 0 Å². The highest BCUT2D eigenvalue weighted by Crippen LogP contribution is 2.16. The predicted octanol–water partition coefficient (Wildman–Crippen LogP) is 1.24. The van der Waals surface area contributed by atoms with Gasteiger partial charge in [-0.2, -0.15) is 0 Å². The predicted molar refractivity (Wildman–Crippen MR) is 81.3 cm³/mol. The Hall–Kier alpha value is -2.41. The van der Waals surface area contributed by atoms with Crippen LogP contribution in [0.5, 0.6) is 0 Å². The minimum Gasteiger partial charge on any atom is -0.479 e. The molecule has 0 heterocycles. The maximum atomic E-state index is 12.0. The highest BCUT2D eigenvalue weighted by atomic mass is 16.6. The second kappa shape index (κ2) is 7.23. The summed E-state index contributed by atoms with van der Waals surface area (Å²) in [4.78, 5) is 35.2. The minimum atomic E-state index is -2.49. The lowest BCUT2D eigenvalue weighted by Gasteiger charge is -2.25. The fourth-order valence-electron chi connectivity index (χ4n) is 1.69. The maximum absolute atomic E-state index is 12.0. The van der Waals surface area contributed by atoms with Crippen molar-refractivity contribution >= 4 is 17.9 Å². The van der Waals surface area contributed by atoms with Crippen molar-refractivity contribution in [2.24, 2.45) is 5.73 Å². The SMILES string of the molecule is CC(C)(C)OC(=O)C[C@](N)(C(=O)O)C(=O)OCc1ccccc1. The number of hydrogen-bond acceptors (Lipinski definition) is 6.